The molecule has 138 valence electrons. The number of para-hydroxylation sites is 1. The molecule has 0 bridgehead atoms. The van der Waals surface area contributed by atoms with Crippen molar-refractivity contribution in [2.45, 2.75) is 58.2 Å². The van der Waals surface area contributed by atoms with Crippen LogP contribution in [0.5, 0.6) is 0 Å². The molecule has 0 saturated heterocycles. The third-order valence-electron chi connectivity index (χ3n) is 4.09. The van der Waals surface area contributed by atoms with Crippen LogP contribution in [-0.2, 0) is 17.5 Å². The van der Waals surface area contributed by atoms with Crippen LogP contribution in [0.25, 0.3) is 11.0 Å². The maximum Gasteiger partial charge on any atom is 0.423 e. The van der Waals surface area contributed by atoms with Crippen molar-refractivity contribution in [2.75, 3.05) is 6.61 Å². The Bertz CT molecular complexity index is 735. The molecule has 1 aromatic carbocycles. The Morgan fingerprint density at radius 3 is 2.44 bits per heavy atom. The summed E-state index contributed by atoms with van der Waals surface area (Å²) < 4.78 is 50.1. The second-order valence-electron chi connectivity index (χ2n) is 6.06. The van der Waals surface area contributed by atoms with Crippen molar-refractivity contribution in [2.24, 2.45) is 0 Å². The summed E-state index contributed by atoms with van der Waals surface area (Å²) in [6.07, 6.45) is 1.64. The number of halogens is 3. The van der Waals surface area contributed by atoms with Crippen molar-refractivity contribution >= 4 is 11.0 Å². The maximum atomic E-state index is 13.3. The minimum Gasteiger partial charge on any atom is -0.422 e. The highest BCUT2D eigenvalue weighted by Gasteiger charge is 2.38. The van der Waals surface area contributed by atoms with Crippen LogP contribution in [0.3, 0.4) is 0 Å². The van der Waals surface area contributed by atoms with Crippen molar-refractivity contribution in [1.29, 1.82) is 0 Å². The number of fused-ring (bicyclic) bond motifs is 1. The number of benzene rings is 1. The lowest BCUT2D eigenvalue weighted by molar-refractivity contribution is -0.140. The van der Waals surface area contributed by atoms with Gasteiger partial charge in [0.15, 0.2) is 0 Å². The third kappa shape index (κ3) is 5.33. The second-order valence-corrected chi connectivity index (χ2v) is 6.06. The van der Waals surface area contributed by atoms with E-state index in [9.17, 15) is 18.0 Å². The van der Waals surface area contributed by atoms with Gasteiger partial charge in [0.25, 0.3) is 0 Å². The summed E-state index contributed by atoms with van der Waals surface area (Å²) in [6.45, 7) is 2.26. The molecule has 0 unspecified atom stereocenters. The zero-order valence-electron chi connectivity index (χ0n) is 14.3. The zero-order valence-corrected chi connectivity index (χ0v) is 14.3. The molecule has 1 aromatic heterocycles. The average Bonchev–Trinajstić information content (AvgIpc) is 2.55. The molecule has 0 aliphatic carbocycles. The molecule has 25 heavy (non-hydrogen) atoms. The quantitative estimate of drug-likeness (QED) is 0.428. The van der Waals surface area contributed by atoms with E-state index in [2.05, 4.69) is 6.92 Å². The van der Waals surface area contributed by atoms with Gasteiger partial charge in [-0.3, -0.25) is 0 Å². The average molecular weight is 356 g/mol. The molecule has 3 nitrogen and oxygen atoms in total. The Balaban J connectivity index is 2.09. The minimum absolute atomic E-state index is 0.138. The van der Waals surface area contributed by atoms with Crippen molar-refractivity contribution in [3.05, 3.63) is 45.8 Å². The molecule has 0 fully saturated rings. The highest BCUT2D eigenvalue weighted by molar-refractivity contribution is 5.81. The van der Waals surface area contributed by atoms with Crippen LogP contribution in [-0.4, -0.2) is 6.61 Å². The van der Waals surface area contributed by atoms with E-state index in [0.29, 0.717) is 6.61 Å². The number of alkyl halides is 3. The van der Waals surface area contributed by atoms with Crippen molar-refractivity contribution in [1.82, 2.24) is 0 Å². The first kappa shape index (κ1) is 19.5. The molecular formula is C19H23F3O3. The molecule has 0 radical (unpaired) electrons. The molecule has 0 spiro atoms. The van der Waals surface area contributed by atoms with Gasteiger partial charge in [0, 0.05) is 17.6 Å². The lowest BCUT2D eigenvalue weighted by atomic mass is 10.0. The molecule has 6 heteroatoms. The van der Waals surface area contributed by atoms with E-state index in [0.717, 1.165) is 19.3 Å². The Hall–Kier alpha value is -1.82. The summed E-state index contributed by atoms with van der Waals surface area (Å²) in [5.74, 6) is 0. The lowest BCUT2D eigenvalue weighted by Crippen LogP contribution is -2.22. The van der Waals surface area contributed by atoms with Gasteiger partial charge in [-0.2, -0.15) is 13.2 Å². The second kappa shape index (κ2) is 9.04. The van der Waals surface area contributed by atoms with Crippen LogP contribution in [0.15, 0.2) is 33.5 Å². The van der Waals surface area contributed by atoms with Crippen LogP contribution < -0.4 is 5.63 Å². The first-order valence-corrected chi connectivity index (χ1v) is 8.64. The van der Waals surface area contributed by atoms with Crippen LogP contribution in [0.1, 0.15) is 56.6 Å². The van der Waals surface area contributed by atoms with E-state index in [1.807, 2.05) is 0 Å². The Morgan fingerprint density at radius 1 is 1.04 bits per heavy atom. The van der Waals surface area contributed by atoms with Gasteiger partial charge in [0.2, 0.25) is 0 Å². The van der Waals surface area contributed by atoms with E-state index < -0.39 is 17.4 Å². The predicted molar refractivity (Wildman–Crippen MR) is 90.5 cm³/mol. The highest BCUT2D eigenvalue weighted by atomic mass is 19.4. The molecule has 1 heterocycles. The Labute approximate surface area is 144 Å². The molecule has 2 rings (SSSR count). The van der Waals surface area contributed by atoms with Crippen LogP contribution in [0, 0.1) is 0 Å². The molecule has 0 amide bonds. The number of ether oxygens (including phenoxy) is 1. The summed E-state index contributed by atoms with van der Waals surface area (Å²) in [5.41, 5.74) is -2.65. The molecule has 0 aliphatic heterocycles. The van der Waals surface area contributed by atoms with Gasteiger partial charge >= 0.3 is 11.8 Å². The van der Waals surface area contributed by atoms with Gasteiger partial charge in [-0.25, -0.2) is 4.79 Å². The normalized spacial score (nSPS) is 12.0. The first-order valence-electron chi connectivity index (χ1n) is 8.64. The van der Waals surface area contributed by atoms with Crippen molar-refractivity contribution < 1.29 is 22.3 Å². The predicted octanol–water partition coefficient (Wildman–Crippen LogP) is 5.69. The van der Waals surface area contributed by atoms with Gasteiger partial charge in [-0.15, -0.1) is 0 Å². The van der Waals surface area contributed by atoms with Crippen LogP contribution in [0.2, 0.25) is 0 Å². The summed E-state index contributed by atoms with van der Waals surface area (Å²) in [4.78, 5) is 11.8. The maximum absolute atomic E-state index is 13.3. The van der Waals surface area contributed by atoms with Crippen molar-refractivity contribution in [3.8, 4) is 0 Å². The fourth-order valence-corrected chi connectivity index (χ4v) is 2.81. The number of rotatable bonds is 9. The summed E-state index contributed by atoms with van der Waals surface area (Å²) in [5, 5.41) is 0.261. The van der Waals surface area contributed by atoms with Gasteiger partial charge in [0.05, 0.1) is 6.61 Å². The number of hydrogen-bond acceptors (Lipinski definition) is 3. The largest absolute Gasteiger partial charge is 0.423 e. The Kier molecular flexibility index (Phi) is 7.05. The van der Waals surface area contributed by atoms with Crippen molar-refractivity contribution in [3.63, 3.8) is 0 Å². The molecule has 0 N–H and O–H groups in total. The van der Waals surface area contributed by atoms with E-state index in [4.69, 9.17) is 9.15 Å². The topological polar surface area (TPSA) is 39.4 Å². The van der Waals surface area contributed by atoms with Crippen LogP contribution >= 0.6 is 0 Å². The molecule has 2 aromatic rings. The molecular weight excluding hydrogens is 333 g/mol. The molecule has 0 saturated carbocycles. The smallest absolute Gasteiger partial charge is 0.422 e. The lowest BCUT2D eigenvalue weighted by Gasteiger charge is -2.14. The summed E-state index contributed by atoms with van der Waals surface area (Å²) >= 11 is 0. The standard InChI is InChI=1S/C19H23F3O3/c1-2-3-4-5-6-9-12-24-13-15-14-10-7-8-11-16(14)25-18(23)17(15)19(20,21)22/h7-8,10-11H,2-6,9,12-13H2,1H3. The van der Waals surface area contributed by atoms with E-state index in [1.54, 1.807) is 12.1 Å². The van der Waals surface area contributed by atoms with Gasteiger partial charge in [0.1, 0.15) is 11.1 Å². The number of unbranched alkanes of at least 4 members (excludes halogenated alkanes) is 5. The van der Waals surface area contributed by atoms with Gasteiger partial charge < -0.3 is 9.15 Å². The van der Waals surface area contributed by atoms with E-state index in [1.165, 1.54) is 31.4 Å². The van der Waals surface area contributed by atoms with Gasteiger partial charge in [-0.1, -0.05) is 57.2 Å². The SMILES string of the molecule is CCCCCCCCOCc1c(C(F)(F)F)c(=O)oc2ccccc12. The summed E-state index contributed by atoms with van der Waals surface area (Å²) in [6, 6.07) is 6.21. The fraction of sp³-hybridized carbons (Fsp3) is 0.526. The minimum atomic E-state index is -4.77. The van der Waals surface area contributed by atoms with E-state index in [-0.39, 0.29) is 23.1 Å². The fourth-order valence-electron chi connectivity index (χ4n) is 2.81. The third-order valence-corrected chi connectivity index (χ3v) is 4.09. The van der Waals surface area contributed by atoms with E-state index >= 15 is 0 Å². The highest BCUT2D eigenvalue weighted by Crippen LogP contribution is 2.33. The summed E-state index contributed by atoms with van der Waals surface area (Å²) in [7, 11) is 0. The zero-order chi connectivity index (χ0) is 18.3. The first-order chi connectivity index (χ1) is 11.9. The Morgan fingerprint density at radius 2 is 1.72 bits per heavy atom. The number of hydrogen-bond donors (Lipinski definition) is 0. The van der Waals surface area contributed by atoms with Gasteiger partial charge in [-0.05, 0) is 12.5 Å². The monoisotopic (exact) mass is 356 g/mol. The van der Waals surface area contributed by atoms with Crippen LogP contribution in [0.4, 0.5) is 13.2 Å². The molecule has 0 aliphatic rings. The molecule has 0 atom stereocenters.